The topological polar surface area (TPSA) is 49.7 Å². The lowest BCUT2D eigenvalue weighted by molar-refractivity contribution is -0.0153. The average Bonchev–Trinajstić information content (AvgIpc) is 2.20. The Hall–Kier alpha value is 0.0969. The van der Waals surface area contributed by atoms with Crippen molar-refractivity contribution in [1.29, 1.82) is 0 Å². The van der Waals surface area contributed by atoms with Crippen LogP contribution in [0, 0.1) is 0 Å². The Morgan fingerprint density at radius 1 is 1.12 bits per heavy atom. The van der Waals surface area contributed by atoms with Crippen LogP contribution in [-0.4, -0.2) is 37.3 Å². The van der Waals surface area contributed by atoms with E-state index in [1.165, 1.54) is 0 Å². The first-order valence-corrected chi connectivity index (χ1v) is 9.52. The maximum atomic E-state index is 9.82. The van der Waals surface area contributed by atoms with Gasteiger partial charge in [0.15, 0.2) is 8.32 Å². The molecule has 0 rings (SSSR count). The van der Waals surface area contributed by atoms with E-state index in [2.05, 4.69) is 40.8 Å². The molecule has 0 amide bonds. The number of aliphatic hydroxyl groups is 2. The molecule has 0 aliphatic rings. The predicted octanol–water partition coefficient (Wildman–Crippen LogP) is 2.92. The second-order valence-corrected chi connectivity index (χ2v) is 11.2. The molecule has 0 aromatic heterocycles. The minimum atomic E-state index is -1.82. The monoisotopic (exact) mass is 262 g/mol. The number of unbranched alkanes of at least 4 members (excludes halogenated alkanes) is 1. The van der Waals surface area contributed by atoms with Crippen LogP contribution >= 0.6 is 0 Å². The molecule has 0 saturated heterocycles. The number of hydrogen-bond acceptors (Lipinski definition) is 3. The van der Waals surface area contributed by atoms with Crippen LogP contribution in [0.5, 0.6) is 0 Å². The lowest BCUT2D eigenvalue weighted by Crippen LogP contribution is -2.44. The van der Waals surface area contributed by atoms with E-state index in [1.807, 2.05) is 0 Å². The van der Waals surface area contributed by atoms with Gasteiger partial charge in [0, 0.05) is 0 Å². The fourth-order valence-corrected chi connectivity index (χ4v) is 2.25. The average molecular weight is 262 g/mol. The molecular weight excluding hydrogens is 232 g/mol. The highest BCUT2D eigenvalue weighted by Gasteiger charge is 2.37. The zero-order chi connectivity index (χ0) is 13.7. The van der Waals surface area contributed by atoms with Crippen LogP contribution in [0.2, 0.25) is 18.1 Å². The van der Waals surface area contributed by atoms with Crippen LogP contribution in [0.4, 0.5) is 0 Å². The molecule has 0 radical (unpaired) electrons. The van der Waals surface area contributed by atoms with Gasteiger partial charge in [-0.3, -0.25) is 0 Å². The number of hydrogen-bond donors (Lipinski definition) is 2. The Kier molecular flexibility index (Phi) is 6.92. The molecule has 0 saturated carbocycles. The third-order valence-corrected chi connectivity index (χ3v) is 8.22. The summed E-state index contributed by atoms with van der Waals surface area (Å²) >= 11 is 0. The summed E-state index contributed by atoms with van der Waals surface area (Å²) in [5, 5.41) is 19.7. The van der Waals surface area contributed by atoms with Gasteiger partial charge in [-0.2, -0.15) is 0 Å². The molecule has 0 bridgehead atoms. The van der Waals surface area contributed by atoms with Crippen molar-refractivity contribution >= 4 is 8.32 Å². The molecule has 0 aliphatic heterocycles. The van der Waals surface area contributed by atoms with Crippen molar-refractivity contribution in [1.82, 2.24) is 0 Å². The zero-order valence-electron chi connectivity index (χ0n) is 12.3. The van der Waals surface area contributed by atoms with E-state index >= 15 is 0 Å². The van der Waals surface area contributed by atoms with Gasteiger partial charge in [0.2, 0.25) is 0 Å². The van der Waals surface area contributed by atoms with E-state index < -0.39 is 20.5 Å². The minimum absolute atomic E-state index is 0.140. The van der Waals surface area contributed by atoms with Crippen molar-refractivity contribution in [2.24, 2.45) is 0 Å². The number of rotatable bonds is 7. The van der Waals surface area contributed by atoms with Crippen molar-refractivity contribution in [3.05, 3.63) is 0 Å². The van der Waals surface area contributed by atoms with E-state index in [9.17, 15) is 10.2 Å². The van der Waals surface area contributed by atoms with Gasteiger partial charge in [-0.1, -0.05) is 40.5 Å². The van der Waals surface area contributed by atoms with E-state index in [4.69, 9.17) is 4.43 Å². The third-order valence-electron chi connectivity index (χ3n) is 3.72. The highest BCUT2D eigenvalue weighted by molar-refractivity contribution is 6.74. The molecule has 0 aromatic carbocycles. The van der Waals surface area contributed by atoms with Gasteiger partial charge >= 0.3 is 0 Å². The van der Waals surface area contributed by atoms with E-state index in [1.54, 1.807) is 0 Å². The molecule has 3 nitrogen and oxygen atoms in total. The zero-order valence-corrected chi connectivity index (χ0v) is 13.3. The second-order valence-electron chi connectivity index (χ2n) is 6.35. The Labute approximate surface area is 107 Å². The Morgan fingerprint density at radius 3 is 2.06 bits per heavy atom. The summed E-state index contributed by atoms with van der Waals surface area (Å²) in [5.74, 6) is 0. The summed E-state index contributed by atoms with van der Waals surface area (Å²) in [6.07, 6.45) is 1.22. The van der Waals surface area contributed by atoms with E-state index in [0.717, 1.165) is 12.8 Å². The molecule has 17 heavy (non-hydrogen) atoms. The third kappa shape index (κ3) is 6.00. The first-order chi connectivity index (χ1) is 7.62. The quantitative estimate of drug-likeness (QED) is 0.694. The van der Waals surface area contributed by atoms with Crippen molar-refractivity contribution in [3.63, 3.8) is 0 Å². The van der Waals surface area contributed by atoms with Gasteiger partial charge in [0.1, 0.15) is 6.10 Å². The van der Waals surface area contributed by atoms with Crippen molar-refractivity contribution < 1.29 is 14.6 Å². The summed E-state index contributed by atoms with van der Waals surface area (Å²) in [5.41, 5.74) is 0. The molecular formula is C13H30O3Si. The van der Waals surface area contributed by atoms with Gasteiger partial charge in [0.05, 0.1) is 12.7 Å². The fourth-order valence-electron chi connectivity index (χ4n) is 1.23. The van der Waals surface area contributed by atoms with E-state index in [0.29, 0.717) is 6.42 Å². The summed E-state index contributed by atoms with van der Waals surface area (Å²) in [6, 6.07) is 0. The molecule has 104 valence electrons. The maximum absolute atomic E-state index is 9.82. The van der Waals surface area contributed by atoms with Crippen LogP contribution in [0.1, 0.15) is 47.0 Å². The van der Waals surface area contributed by atoms with Gasteiger partial charge in [-0.15, -0.1) is 0 Å². The largest absolute Gasteiger partial charge is 0.414 e. The second kappa shape index (κ2) is 6.88. The Morgan fingerprint density at radius 2 is 1.65 bits per heavy atom. The Balaban J connectivity index is 4.10. The van der Waals surface area contributed by atoms with Crippen molar-refractivity contribution in [3.8, 4) is 0 Å². The van der Waals surface area contributed by atoms with Crippen LogP contribution < -0.4 is 0 Å². The normalized spacial score (nSPS) is 16.9. The van der Waals surface area contributed by atoms with Crippen LogP contribution in [0.15, 0.2) is 0 Å². The molecule has 4 heteroatoms. The summed E-state index contributed by atoms with van der Waals surface area (Å²) in [7, 11) is -1.82. The number of aliphatic hydroxyl groups excluding tert-OH is 2. The first-order valence-electron chi connectivity index (χ1n) is 6.62. The summed E-state index contributed by atoms with van der Waals surface area (Å²) in [6.45, 7) is 13.1. The Bertz CT molecular complexity index is 211. The van der Waals surface area contributed by atoms with Gasteiger partial charge in [-0.05, 0) is 24.6 Å². The fraction of sp³-hybridized carbons (Fsp3) is 1.00. The SMILES string of the molecule is CCCCC(O)C(O)CO[Si](C)(C)C(C)(C)C. The lowest BCUT2D eigenvalue weighted by atomic mass is 10.1. The highest BCUT2D eigenvalue weighted by Crippen LogP contribution is 2.36. The summed E-state index contributed by atoms with van der Waals surface area (Å²) in [4.78, 5) is 0. The van der Waals surface area contributed by atoms with Gasteiger partial charge in [-0.25, -0.2) is 0 Å². The minimum Gasteiger partial charge on any atom is -0.414 e. The molecule has 0 spiro atoms. The smallest absolute Gasteiger partial charge is 0.192 e. The van der Waals surface area contributed by atoms with Crippen LogP contribution in [-0.2, 0) is 4.43 Å². The summed E-state index contributed by atoms with van der Waals surface area (Å²) < 4.78 is 5.89. The molecule has 0 fully saturated rings. The van der Waals surface area contributed by atoms with Crippen LogP contribution in [0.3, 0.4) is 0 Å². The first kappa shape index (κ1) is 17.1. The van der Waals surface area contributed by atoms with Gasteiger partial charge in [0.25, 0.3) is 0 Å². The molecule has 0 aliphatic carbocycles. The molecule has 2 atom stereocenters. The molecule has 0 aromatic rings. The highest BCUT2D eigenvalue weighted by atomic mass is 28.4. The van der Waals surface area contributed by atoms with Crippen molar-refractivity contribution in [2.45, 2.75) is 77.3 Å². The van der Waals surface area contributed by atoms with Crippen molar-refractivity contribution in [2.75, 3.05) is 6.61 Å². The molecule has 0 heterocycles. The lowest BCUT2D eigenvalue weighted by Gasteiger charge is -2.37. The standard InChI is InChI=1S/C13H30O3Si/c1-7-8-9-11(14)12(15)10-16-17(5,6)13(2,3)4/h11-12,14-15H,7-10H2,1-6H3. The van der Waals surface area contributed by atoms with Gasteiger partial charge < -0.3 is 14.6 Å². The molecule has 2 N–H and O–H groups in total. The van der Waals surface area contributed by atoms with E-state index in [-0.39, 0.29) is 11.6 Å². The van der Waals surface area contributed by atoms with Crippen LogP contribution in [0.25, 0.3) is 0 Å². The maximum Gasteiger partial charge on any atom is 0.192 e. The molecule has 2 unspecified atom stereocenters. The predicted molar refractivity (Wildman–Crippen MR) is 74.7 cm³/mol.